The third kappa shape index (κ3) is 0.745. The summed E-state index contributed by atoms with van der Waals surface area (Å²) in [6.07, 6.45) is 0.639. The maximum absolute atomic E-state index is 11.1. The fourth-order valence-corrected chi connectivity index (χ4v) is 1.87. The summed E-state index contributed by atoms with van der Waals surface area (Å²) in [5, 5.41) is 2.97. The molecule has 1 spiro atoms. The molecule has 2 fully saturated rings. The smallest absolute Gasteiger partial charge is 0.221 e. The van der Waals surface area contributed by atoms with Gasteiger partial charge in [0.1, 0.15) is 0 Å². The summed E-state index contributed by atoms with van der Waals surface area (Å²) >= 11 is 0. The van der Waals surface area contributed by atoms with Gasteiger partial charge in [-0.2, -0.15) is 0 Å². The largest absolute Gasteiger partial charge is 0.380 e. The molecule has 1 N–H and O–H groups in total. The molecule has 2 rings (SSSR count). The van der Waals surface area contributed by atoms with Gasteiger partial charge < -0.3 is 10.1 Å². The molecule has 0 unspecified atom stereocenters. The molecular formula is C8H13NO2. The molecule has 2 saturated heterocycles. The van der Waals surface area contributed by atoms with Gasteiger partial charge in [0.05, 0.1) is 13.2 Å². The van der Waals surface area contributed by atoms with Crippen LogP contribution in [-0.4, -0.2) is 24.7 Å². The van der Waals surface area contributed by atoms with Crippen LogP contribution in [0.15, 0.2) is 0 Å². The van der Waals surface area contributed by atoms with E-state index in [1.807, 2.05) is 0 Å². The van der Waals surface area contributed by atoms with E-state index < -0.39 is 0 Å². The fraction of sp³-hybridized carbons (Fsp3) is 0.875. The Morgan fingerprint density at radius 2 is 2.09 bits per heavy atom. The lowest BCUT2D eigenvalue weighted by Crippen LogP contribution is -2.57. The fourth-order valence-electron chi connectivity index (χ4n) is 1.87. The van der Waals surface area contributed by atoms with Crippen molar-refractivity contribution in [3.8, 4) is 0 Å². The number of amides is 1. The molecule has 62 valence electrons. The first-order chi connectivity index (χ1) is 5.06. The van der Waals surface area contributed by atoms with E-state index in [0.717, 1.165) is 13.2 Å². The highest BCUT2D eigenvalue weighted by Gasteiger charge is 2.57. The number of rotatable bonds is 0. The highest BCUT2D eigenvalue weighted by Crippen LogP contribution is 2.45. The highest BCUT2D eigenvalue weighted by molar-refractivity contribution is 5.81. The van der Waals surface area contributed by atoms with Gasteiger partial charge in [0.2, 0.25) is 5.91 Å². The Kier molecular flexibility index (Phi) is 1.15. The van der Waals surface area contributed by atoms with Crippen molar-refractivity contribution in [1.29, 1.82) is 0 Å². The molecule has 2 aliphatic rings. The standard InChI is InChI=1S/C8H13NO2/c1-7(2)8(4-11-5-8)3-6(10)9-7/h3-5H2,1-2H3,(H,9,10). The van der Waals surface area contributed by atoms with Gasteiger partial charge in [0.15, 0.2) is 0 Å². The van der Waals surface area contributed by atoms with Gasteiger partial charge in [-0.25, -0.2) is 0 Å². The number of ether oxygens (including phenoxy) is 1. The molecule has 0 radical (unpaired) electrons. The molecule has 2 aliphatic heterocycles. The second-order valence-electron chi connectivity index (χ2n) is 4.12. The Hall–Kier alpha value is -0.570. The Bertz CT molecular complexity index is 206. The van der Waals surface area contributed by atoms with Crippen molar-refractivity contribution in [3.63, 3.8) is 0 Å². The van der Waals surface area contributed by atoms with Gasteiger partial charge in [0, 0.05) is 17.4 Å². The molecular weight excluding hydrogens is 142 g/mol. The van der Waals surface area contributed by atoms with Crippen LogP contribution in [0.3, 0.4) is 0 Å². The Balaban J connectivity index is 2.27. The first kappa shape index (κ1) is 7.10. The minimum absolute atomic E-state index is 0.0671. The van der Waals surface area contributed by atoms with Crippen molar-refractivity contribution in [2.75, 3.05) is 13.2 Å². The maximum atomic E-state index is 11.1. The average Bonchev–Trinajstić information content (AvgIpc) is 1.98. The number of hydrogen-bond acceptors (Lipinski definition) is 2. The average molecular weight is 155 g/mol. The summed E-state index contributed by atoms with van der Waals surface area (Å²) in [5.41, 5.74) is 0.0341. The van der Waals surface area contributed by atoms with Crippen LogP contribution in [0.25, 0.3) is 0 Å². The predicted molar refractivity (Wildman–Crippen MR) is 40.1 cm³/mol. The van der Waals surface area contributed by atoms with Gasteiger partial charge in [0.25, 0.3) is 0 Å². The molecule has 0 bridgehead atoms. The normalized spacial score (nSPS) is 31.6. The summed E-state index contributed by atoms with van der Waals surface area (Å²) in [4.78, 5) is 11.1. The molecule has 0 atom stereocenters. The maximum Gasteiger partial charge on any atom is 0.221 e. The van der Waals surface area contributed by atoms with Crippen LogP contribution < -0.4 is 5.32 Å². The molecule has 0 aromatic carbocycles. The third-order valence-corrected chi connectivity index (χ3v) is 3.03. The number of hydrogen-bond donors (Lipinski definition) is 1. The van der Waals surface area contributed by atoms with E-state index in [4.69, 9.17) is 4.74 Å². The monoisotopic (exact) mass is 155 g/mol. The molecule has 11 heavy (non-hydrogen) atoms. The second-order valence-corrected chi connectivity index (χ2v) is 4.12. The summed E-state index contributed by atoms with van der Waals surface area (Å²) < 4.78 is 5.15. The molecule has 0 aromatic rings. The SMILES string of the molecule is CC1(C)NC(=O)CC12COC2. The second kappa shape index (κ2) is 1.78. The van der Waals surface area contributed by atoms with Gasteiger partial charge in [-0.15, -0.1) is 0 Å². The van der Waals surface area contributed by atoms with E-state index >= 15 is 0 Å². The topological polar surface area (TPSA) is 38.3 Å². The lowest BCUT2D eigenvalue weighted by Gasteiger charge is -2.46. The number of carbonyl (C=O) groups is 1. The van der Waals surface area contributed by atoms with E-state index in [-0.39, 0.29) is 16.9 Å². The van der Waals surface area contributed by atoms with E-state index in [0.29, 0.717) is 6.42 Å². The van der Waals surface area contributed by atoms with Crippen molar-refractivity contribution in [3.05, 3.63) is 0 Å². The quantitative estimate of drug-likeness (QED) is 0.546. The van der Waals surface area contributed by atoms with Crippen LogP contribution >= 0.6 is 0 Å². The van der Waals surface area contributed by atoms with Gasteiger partial charge >= 0.3 is 0 Å². The van der Waals surface area contributed by atoms with Crippen LogP contribution in [0.5, 0.6) is 0 Å². The molecule has 0 aliphatic carbocycles. The van der Waals surface area contributed by atoms with Crippen molar-refractivity contribution < 1.29 is 9.53 Å². The molecule has 2 heterocycles. The van der Waals surface area contributed by atoms with Gasteiger partial charge in [-0.3, -0.25) is 4.79 Å². The van der Waals surface area contributed by atoms with Crippen LogP contribution in [0.2, 0.25) is 0 Å². The van der Waals surface area contributed by atoms with Crippen LogP contribution in [0.4, 0.5) is 0 Å². The molecule has 1 amide bonds. The lowest BCUT2D eigenvalue weighted by atomic mass is 9.71. The third-order valence-electron chi connectivity index (χ3n) is 3.03. The zero-order valence-electron chi connectivity index (χ0n) is 6.94. The molecule has 3 heteroatoms. The molecule has 0 aromatic heterocycles. The van der Waals surface area contributed by atoms with Crippen LogP contribution in [-0.2, 0) is 9.53 Å². The molecule has 3 nitrogen and oxygen atoms in total. The van der Waals surface area contributed by atoms with Crippen LogP contribution in [0, 0.1) is 5.41 Å². The summed E-state index contributed by atoms with van der Waals surface area (Å²) in [7, 11) is 0. The van der Waals surface area contributed by atoms with E-state index in [1.165, 1.54) is 0 Å². The lowest BCUT2D eigenvalue weighted by molar-refractivity contribution is -0.141. The minimum Gasteiger partial charge on any atom is -0.380 e. The Morgan fingerprint density at radius 3 is 2.27 bits per heavy atom. The van der Waals surface area contributed by atoms with Gasteiger partial charge in [-0.1, -0.05) is 0 Å². The summed E-state index contributed by atoms with van der Waals surface area (Å²) in [6, 6.07) is 0. The number of nitrogens with one attached hydrogen (secondary N) is 1. The van der Waals surface area contributed by atoms with Crippen molar-refractivity contribution in [1.82, 2.24) is 5.32 Å². The predicted octanol–water partition coefficient (Wildman–Crippen LogP) is 0.301. The first-order valence-corrected chi connectivity index (χ1v) is 3.95. The van der Waals surface area contributed by atoms with Crippen LogP contribution in [0.1, 0.15) is 20.3 Å². The minimum atomic E-state index is -0.0671. The van der Waals surface area contributed by atoms with E-state index in [9.17, 15) is 4.79 Å². The first-order valence-electron chi connectivity index (χ1n) is 3.95. The Morgan fingerprint density at radius 1 is 1.45 bits per heavy atom. The molecule has 0 saturated carbocycles. The van der Waals surface area contributed by atoms with Crippen molar-refractivity contribution in [2.24, 2.45) is 5.41 Å². The van der Waals surface area contributed by atoms with E-state index in [2.05, 4.69) is 19.2 Å². The zero-order valence-corrected chi connectivity index (χ0v) is 6.94. The van der Waals surface area contributed by atoms with Crippen molar-refractivity contribution >= 4 is 5.91 Å². The Labute approximate surface area is 66.1 Å². The van der Waals surface area contributed by atoms with Gasteiger partial charge in [-0.05, 0) is 13.8 Å². The highest BCUT2D eigenvalue weighted by atomic mass is 16.5. The number of carbonyl (C=O) groups excluding carboxylic acids is 1. The van der Waals surface area contributed by atoms with E-state index in [1.54, 1.807) is 0 Å². The summed E-state index contributed by atoms with van der Waals surface area (Å²) in [6.45, 7) is 5.61. The zero-order chi connectivity index (χ0) is 8.11. The van der Waals surface area contributed by atoms with Crippen molar-refractivity contribution in [2.45, 2.75) is 25.8 Å². The summed E-state index contributed by atoms with van der Waals surface area (Å²) in [5.74, 6) is 0.165.